The highest BCUT2D eigenvalue weighted by Gasteiger charge is 2.10. The second kappa shape index (κ2) is 11.5. The number of carbonyl (C=O) groups is 1. The summed E-state index contributed by atoms with van der Waals surface area (Å²) in [7, 11) is -0.692. The molecule has 0 aliphatic rings. The smallest absolute Gasteiger partial charge is 0.333 e. The summed E-state index contributed by atoms with van der Waals surface area (Å²) < 4.78 is 10.5. The predicted octanol–water partition coefficient (Wildman–Crippen LogP) is 3.17. The minimum absolute atomic E-state index is 0.266. The molecular weight excluding hydrogens is 244 g/mol. The van der Waals surface area contributed by atoms with Gasteiger partial charge in [0.2, 0.25) is 0 Å². The second-order valence-electron chi connectivity index (χ2n) is 4.70. The number of ether oxygens (including phenoxy) is 2. The van der Waals surface area contributed by atoms with Crippen molar-refractivity contribution in [1.82, 2.24) is 0 Å². The van der Waals surface area contributed by atoms with Crippen molar-refractivity contribution in [3.63, 3.8) is 0 Å². The van der Waals surface area contributed by atoms with Crippen LogP contribution in [0.25, 0.3) is 0 Å². The average Bonchev–Trinajstić information content (AvgIpc) is 2.34. The van der Waals surface area contributed by atoms with E-state index in [9.17, 15) is 4.79 Å². The molecule has 0 N–H and O–H groups in total. The van der Waals surface area contributed by atoms with E-state index in [1.807, 2.05) is 6.92 Å². The molecule has 0 aliphatic heterocycles. The summed E-state index contributed by atoms with van der Waals surface area (Å²) in [5.74, 6) is -0.266. The van der Waals surface area contributed by atoms with Crippen LogP contribution in [0.15, 0.2) is 12.2 Å². The van der Waals surface area contributed by atoms with Gasteiger partial charge in [-0.25, -0.2) is 4.79 Å². The van der Waals surface area contributed by atoms with E-state index in [0.717, 1.165) is 19.6 Å². The Morgan fingerprint density at radius 2 is 1.89 bits per heavy atom. The van der Waals surface area contributed by atoms with Gasteiger partial charge in [0.1, 0.15) is 0 Å². The van der Waals surface area contributed by atoms with Crippen LogP contribution in [0.5, 0.6) is 0 Å². The Balaban J connectivity index is 3.68. The third-order valence-electron chi connectivity index (χ3n) is 2.91. The van der Waals surface area contributed by atoms with Crippen molar-refractivity contribution < 1.29 is 14.3 Å². The molecule has 0 aliphatic carbocycles. The van der Waals surface area contributed by atoms with E-state index in [2.05, 4.69) is 13.5 Å². The normalized spacial score (nSPS) is 12.2. The number of rotatable bonds is 11. The molecule has 0 fully saturated rings. The Labute approximate surface area is 113 Å². The second-order valence-corrected chi connectivity index (χ2v) is 8.16. The molecule has 0 rings (SSSR count). The van der Waals surface area contributed by atoms with Gasteiger partial charge >= 0.3 is 5.97 Å². The van der Waals surface area contributed by atoms with Gasteiger partial charge in [-0.3, -0.25) is 0 Å². The Kier molecular flexibility index (Phi) is 11.1. The van der Waals surface area contributed by atoms with E-state index in [4.69, 9.17) is 9.47 Å². The molecule has 0 saturated heterocycles. The minimum atomic E-state index is -0.692. The summed E-state index contributed by atoms with van der Waals surface area (Å²) >= 11 is 0. The molecule has 0 spiro atoms. The quantitative estimate of drug-likeness (QED) is 0.251. The molecule has 106 valence electrons. The Bertz CT molecular complexity index is 241. The van der Waals surface area contributed by atoms with Gasteiger partial charge in [0.25, 0.3) is 0 Å². The van der Waals surface area contributed by atoms with Crippen molar-refractivity contribution in [2.45, 2.75) is 51.7 Å². The molecule has 0 bridgehead atoms. The minimum Gasteiger partial charge on any atom is -0.462 e. The number of hydrogen-bond acceptors (Lipinski definition) is 3. The van der Waals surface area contributed by atoms with Gasteiger partial charge in [-0.2, -0.15) is 0 Å². The van der Waals surface area contributed by atoms with E-state index >= 15 is 0 Å². The Morgan fingerprint density at radius 1 is 1.17 bits per heavy atom. The number of esters is 1. The maximum atomic E-state index is 11.2. The molecule has 4 heteroatoms. The molecule has 18 heavy (non-hydrogen) atoms. The fourth-order valence-electron chi connectivity index (χ4n) is 1.90. The summed E-state index contributed by atoms with van der Waals surface area (Å²) in [5, 5.41) is 0. The van der Waals surface area contributed by atoms with Crippen LogP contribution >= 0.6 is 0 Å². The summed E-state index contributed by atoms with van der Waals surface area (Å²) in [4.78, 5) is 11.2. The van der Waals surface area contributed by atoms with Crippen molar-refractivity contribution in [2.75, 3.05) is 19.8 Å². The van der Waals surface area contributed by atoms with Gasteiger partial charge in [0, 0.05) is 27.6 Å². The van der Waals surface area contributed by atoms with E-state index in [0.29, 0.717) is 12.2 Å². The lowest BCUT2D eigenvalue weighted by Crippen LogP contribution is -2.16. The lowest BCUT2D eigenvalue weighted by molar-refractivity contribution is -0.138. The Morgan fingerprint density at radius 3 is 2.44 bits per heavy atom. The molecule has 0 aromatic rings. The van der Waals surface area contributed by atoms with Crippen molar-refractivity contribution in [1.29, 1.82) is 0 Å². The lowest BCUT2D eigenvalue weighted by Gasteiger charge is -2.14. The van der Waals surface area contributed by atoms with E-state index in [1.54, 1.807) is 6.92 Å². The lowest BCUT2D eigenvalue weighted by atomic mass is 10.4. The van der Waals surface area contributed by atoms with Crippen LogP contribution in [-0.4, -0.2) is 34.6 Å². The molecule has 0 heterocycles. The molecule has 0 radical (unpaired) electrons. The highest BCUT2D eigenvalue weighted by molar-refractivity contribution is 6.58. The van der Waals surface area contributed by atoms with Crippen molar-refractivity contribution in [3.8, 4) is 0 Å². The molecule has 0 saturated carbocycles. The predicted molar refractivity (Wildman–Crippen MR) is 78.7 cm³/mol. The van der Waals surface area contributed by atoms with Crippen LogP contribution in [0.1, 0.15) is 33.6 Å². The topological polar surface area (TPSA) is 35.5 Å². The monoisotopic (exact) mass is 272 g/mol. The van der Waals surface area contributed by atoms with E-state index in [1.165, 1.54) is 24.6 Å². The molecule has 1 atom stereocenters. The third kappa shape index (κ3) is 9.42. The third-order valence-corrected chi connectivity index (χ3v) is 6.58. The first-order valence-corrected chi connectivity index (χ1v) is 9.47. The van der Waals surface area contributed by atoms with Gasteiger partial charge in [-0.1, -0.05) is 32.0 Å². The SMILES string of the molecule is C=C(C)C(=O)OCCC[SiH](CCC)CCOCC. The zero-order valence-electron chi connectivity index (χ0n) is 12.2. The first-order chi connectivity index (χ1) is 8.61. The van der Waals surface area contributed by atoms with Gasteiger partial charge in [0.15, 0.2) is 0 Å². The van der Waals surface area contributed by atoms with Crippen LogP contribution in [0.2, 0.25) is 18.1 Å². The number of hydrogen-bond donors (Lipinski definition) is 0. The largest absolute Gasteiger partial charge is 0.462 e. The fraction of sp³-hybridized carbons (Fsp3) is 0.786. The van der Waals surface area contributed by atoms with Crippen LogP contribution in [0.3, 0.4) is 0 Å². The van der Waals surface area contributed by atoms with Crippen LogP contribution in [0.4, 0.5) is 0 Å². The van der Waals surface area contributed by atoms with Crippen molar-refractivity contribution in [3.05, 3.63) is 12.2 Å². The van der Waals surface area contributed by atoms with Crippen molar-refractivity contribution >= 4 is 14.8 Å². The summed E-state index contributed by atoms with van der Waals surface area (Å²) in [6, 6.07) is 3.85. The Hall–Kier alpha value is -0.613. The highest BCUT2D eigenvalue weighted by atomic mass is 28.3. The maximum absolute atomic E-state index is 11.2. The first-order valence-electron chi connectivity index (χ1n) is 7.02. The first kappa shape index (κ1) is 17.4. The molecule has 0 amide bonds. The van der Waals surface area contributed by atoms with Crippen molar-refractivity contribution in [2.24, 2.45) is 0 Å². The van der Waals surface area contributed by atoms with Crippen LogP contribution in [0, 0.1) is 0 Å². The summed E-state index contributed by atoms with van der Waals surface area (Å²) in [6.07, 6.45) is 2.25. The fourth-order valence-corrected chi connectivity index (χ4v) is 4.82. The van der Waals surface area contributed by atoms with Gasteiger partial charge < -0.3 is 9.47 Å². The standard InChI is InChI=1S/C14H28O3Si/c1-5-10-18(12-9-16-6-2)11-7-8-17-14(15)13(3)4/h18H,3,5-12H2,1-2,4H3. The van der Waals surface area contributed by atoms with Crippen LogP contribution < -0.4 is 0 Å². The zero-order chi connectivity index (χ0) is 13.8. The van der Waals surface area contributed by atoms with Crippen LogP contribution in [-0.2, 0) is 14.3 Å². The average molecular weight is 272 g/mol. The molecule has 0 aromatic heterocycles. The molecule has 0 aromatic carbocycles. The van der Waals surface area contributed by atoms with Gasteiger partial charge in [-0.15, -0.1) is 0 Å². The van der Waals surface area contributed by atoms with Gasteiger partial charge in [-0.05, 0) is 26.3 Å². The highest BCUT2D eigenvalue weighted by Crippen LogP contribution is 2.11. The van der Waals surface area contributed by atoms with E-state index in [-0.39, 0.29) is 5.97 Å². The number of carbonyl (C=O) groups excluding carboxylic acids is 1. The van der Waals surface area contributed by atoms with E-state index < -0.39 is 8.80 Å². The summed E-state index contributed by atoms with van der Waals surface area (Å²) in [5.41, 5.74) is 0.480. The molecule has 3 nitrogen and oxygen atoms in total. The zero-order valence-corrected chi connectivity index (χ0v) is 13.3. The molecular formula is C14H28O3Si. The molecule has 1 unspecified atom stereocenters. The van der Waals surface area contributed by atoms with Gasteiger partial charge in [0.05, 0.1) is 6.61 Å². The summed E-state index contributed by atoms with van der Waals surface area (Å²) in [6.45, 7) is 11.8. The maximum Gasteiger partial charge on any atom is 0.333 e.